The van der Waals surface area contributed by atoms with E-state index in [0.717, 1.165) is 16.5 Å². The van der Waals surface area contributed by atoms with Crippen LogP contribution in [0.3, 0.4) is 0 Å². The SMILES string of the molecule is C/C=C(C)/C=C/C(=O)ONCc1cccc2ccccc12. The quantitative estimate of drug-likeness (QED) is 0.513. The lowest BCUT2D eigenvalue weighted by atomic mass is 10.1. The average Bonchev–Trinajstić information content (AvgIpc) is 2.52. The number of rotatable bonds is 5. The van der Waals surface area contributed by atoms with Crippen LogP contribution < -0.4 is 5.48 Å². The Balaban J connectivity index is 1.94. The zero-order chi connectivity index (χ0) is 15.1. The fourth-order valence-corrected chi connectivity index (χ4v) is 1.96. The number of carbonyl (C=O) groups is 1. The number of hydroxylamine groups is 1. The fraction of sp³-hybridized carbons (Fsp3) is 0.167. The van der Waals surface area contributed by atoms with E-state index < -0.39 is 5.97 Å². The van der Waals surface area contributed by atoms with Gasteiger partial charge in [0.05, 0.1) is 6.54 Å². The first-order valence-corrected chi connectivity index (χ1v) is 6.92. The molecule has 0 fully saturated rings. The molecule has 0 bridgehead atoms. The molecule has 2 aromatic rings. The largest absolute Gasteiger partial charge is 0.367 e. The maximum Gasteiger partial charge on any atom is 0.349 e. The molecule has 0 unspecified atom stereocenters. The first-order chi connectivity index (χ1) is 10.2. The van der Waals surface area contributed by atoms with E-state index in [4.69, 9.17) is 4.84 Å². The molecule has 0 aromatic heterocycles. The highest BCUT2D eigenvalue weighted by Gasteiger charge is 2.01. The Bertz CT molecular complexity index is 681. The molecule has 0 aliphatic heterocycles. The summed E-state index contributed by atoms with van der Waals surface area (Å²) >= 11 is 0. The summed E-state index contributed by atoms with van der Waals surface area (Å²) in [6, 6.07) is 14.2. The molecule has 0 saturated heterocycles. The molecular weight excluding hydrogens is 262 g/mol. The van der Waals surface area contributed by atoms with Crippen LogP contribution >= 0.6 is 0 Å². The summed E-state index contributed by atoms with van der Waals surface area (Å²) in [5, 5.41) is 2.33. The van der Waals surface area contributed by atoms with Gasteiger partial charge in [-0.15, -0.1) is 5.48 Å². The number of allylic oxidation sites excluding steroid dienone is 3. The highest BCUT2D eigenvalue weighted by molar-refractivity contribution is 5.85. The van der Waals surface area contributed by atoms with Crippen LogP contribution in [0.2, 0.25) is 0 Å². The predicted molar refractivity (Wildman–Crippen MR) is 85.5 cm³/mol. The first-order valence-electron chi connectivity index (χ1n) is 6.92. The standard InChI is InChI=1S/C18H19NO2/c1-3-14(2)11-12-18(20)21-19-13-16-9-6-8-15-7-4-5-10-17(15)16/h3-12,19H,13H2,1-2H3/b12-11+,14-3+. The second-order valence-electron chi connectivity index (χ2n) is 4.75. The van der Waals surface area contributed by atoms with Crippen molar-refractivity contribution < 1.29 is 9.63 Å². The molecule has 21 heavy (non-hydrogen) atoms. The van der Waals surface area contributed by atoms with Gasteiger partial charge in [0.15, 0.2) is 0 Å². The molecule has 0 amide bonds. The molecule has 0 atom stereocenters. The van der Waals surface area contributed by atoms with Crippen molar-refractivity contribution in [2.24, 2.45) is 0 Å². The molecule has 0 saturated carbocycles. The molecule has 0 aliphatic rings. The van der Waals surface area contributed by atoms with E-state index in [9.17, 15) is 4.79 Å². The van der Waals surface area contributed by atoms with Gasteiger partial charge in [0.25, 0.3) is 0 Å². The van der Waals surface area contributed by atoms with Gasteiger partial charge in [0, 0.05) is 6.08 Å². The van der Waals surface area contributed by atoms with E-state index in [1.165, 1.54) is 11.5 Å². The van der Waals surface area contributed by atoms with Crippen molar-refractivity contribution in [2.45, 2.75) is 20.4 Å². The van der Waals surface area contributed by atoms with Gasteiger partial charge in [-0.2, -0.15) is 0 Å². The number of benzene rings is 2. The van der Waals surface area contributed by atoms with Crippen LogP contribution in [0.15, 0.2) is 66.3 Å². The Labute approximate surface area is 124 Å². The van der Waals surface area contributed by atoms with Gasteiger partial charge >= 0.3 is 5.97 Å². The van der Waals surface area contributed by atoms with Gasteiger partial charge in [-0.1, -0.05) is 60.2 Å². The minimum absolute atomic E-state index is 0.406. The van der Waals surface area contributed by atoms with Crippen LogP contribution in [0.25, 0.3) is 10.8 Å². The zero-order valence-electron chi connectivity index (χ0n) is 12.3. The Morgan fingerprint density at radius 3 is 2.71 bits per heavy atom. The Hall–Kier alpha value is -2.39. The van der Waals surface area contributed by atoms with Crippen LogP contribution in [0, 0.1) is 0 Å². The molecule has 108 valence electrons. The summed E-state index contributed by atoms with van der Waals surface area (Å²) in [6.45, 7) is 4.32. The Kier molecular flexibility index (Phi) is 5.29. The summed E-state index contributed by atoms with van der Waals surface area (Å²) in [6.07, 6.45) is 5.06. The average molecular weight is 281 g/mol. The van der Waals surface area contributed by atoms with Crippen LogP contribution in [0.5, 0.6) is 0 Å². The second-order valence-corrected chi connectivity index (χ2v) is 4.75. The monoisotopic (exact) mass is 281 g/mol. The molecule has 0 aliphatic carbocycles. The lowest BCUT2D eigenvalue weighted by Gasteiger charge is -2.07. The van der Waals surface area contributed by atoms with Crippen molar-refractivity contribution in [1.82, 2.24) is 5.48 Å². The van der Waals surface area contributed by atoms with Gasteiger partial charge in [0.2, 0.25) is 0 Å². The van der Waals surface area contributed by atoms with E-state index >= 15 is 0 Å². The lowest BCUT2D eigenvalue weighted by molar-refractivity contribution is -0.145. The van der Waals surface area contributed by atoms with Crippen molar-refractivity contribution >= 4 is 16.7 Å². The van der Waals surface area contributed by atoms with Crippen molar-refractivity contribution in [3.8, 4) is 0 Å². The number of fused-ring (bicyclic) bond motifs is 1. The molecular formula is C18H19NO2. The Morgan fingerprint density at radius 2 is 1.90 bits per heavy atom. The fourth-order valence-electron chi connectivity index (χ4n) is 1.96. The minimum atomic E-state index is -0.406. The van der Waals surface area contributed by atoms with E-state index in [-0.39, 0.29) is 0 Å². The second kappa shape index (κ2) is 7.41. The maximum absolute atomic E-state index is 11.5. The molecule has 0 spiro atoms. The van der Waals surface area contributed by atoms with E-state index in [1.807, 2.05) is 44.2 Å². The number of hydrogen-bond donors (Lipinski definition) is 1. The number of nitrogens with one attached hydrogen (secondary N) is 1. The minimum Gasteiger partial charge on any atom is -0.367 e. The van der Waals surface area contributed by atoms with Crippen LogP contribution in [-0.2, 0) is 16.2 Å². The summed E-state index contributed by atoms with van der Waals surface area (Å²) < 4.78 is 0. The van der Waals surface area contributed by atoms with E-state index in [2.05, 4.69) is 23.7 Å². The van der Waals surface area contributed by atoms with Gasteiger partial charge in [-0.05, 0) is 30.2 Å². The maximum atomic E-state index is 11.5. The third-order valence-electron chi connectivity index (χ3n) is 3.25. The van der Waals surface area contributed by atoms with Crippen molar-refractivity contribution in [3.63, 3.8) is 0 Å². The zero-order valence-corrected chi connectivity index (χ0v) is 12.3. The molecule has 3 heteroatoms. The third-order valence-corrected chi connectivity index (χ3v) is 3.25. The molecule has 0 heterocycles. The molecule has 3 nitrogen and oxygen atoms in total. The molecule has 2 rings (SSSR count). The molecule has 0 radical (unpaired) electrons. The summed E-state index contributed by atoms with van der Waals surface area (Å²) in [5.74, 6) is -0.406. The summed E-state index contributed by atoms with van der Waals surface area (Å²) in [5.41, 5.74) is 4.82. The predicted octanol–water partition coefficient (Wildman–Crippen LogP) is 3.91. The van der Waals surface area contributed by atoms with Crippen molar-refractivity contribution in [1.29, 1.82) is 0 Å². The number of carbonyl (C=O) groups excluding carboxylic acids is 1. The number of hydrogen-bond acceptors (Lipinski definition) is 3. The highest BCUT2D eigenvalue weighted by Crippen LogP contribution is 2.18. The van der Waals surface area contributed by atoms with Gasteiger partial charge in [0.1, 0.15) is 0 Å². The third kappa shape index (κ3) is 4.29. The van der Waals surface area contributed by atoms with Gasteiger partial charge in [-0.25, -0.2) is 4.79 Å². The van der Waals surface area contributed by atoms with Crippen LogP contribution in [0.1, 0.15) is 19.4 Å². The Morgan fingerprint density at radius 1 is 1.14 bits per heavy atom. The topological polar surface area (TPSA) is 38.3 Å². The highest BCUT2D eigenvalue weighted by atomic mass is 16.7. The molecule has 1 N–H and O–H groups in total. The first kappa shape index (κ1) is 15.0. The normalized spacial score (nSPS) is 12.0. The van der Waals surface area contributed by atoms with Crippen molar-refractivity contribution in [3.05, 3.63) is 71.8 Å². The molecule has 2 aromatic carbocycles. The van der Waals surface area contributed by atoms with E-state index in [0.29, 0.717) is 6.54 Å². The van der Waals surface area contributed by atoms with E-state index in [1.54, 1.807) is 6.08 Å². The summed E-state index contributed by atoms with van der Waals surface area (Å²) in [7, 11) is 0. The van der Waals surface area contributed by atoms with Gasteiger partial charge in [-0.3, -0.25) is 0 Å². The van der Waals surface area contributed by atoms with Crippen LogP contribution in [0.4, 0.5) is 0 Å². The summed E-state index contributed by atoms with van der Waals surface area (Å²) in [4.78, 5) is 16.5. The van der Waals surface area contributed by atoms with Crippen molar-refractivity contribution in [2.75, 3.05) is 0 Å². The smallest absolute Gasteiger partial charge is 0.349 e. The lowest BCUT2D eigenvalue weighted by Crippen LogP contribution is -2.18. The van der Waals surface area contributed by atoms with Gasteiger partial charge < -0.3 is 4.84 Å². The van der Waals surface area contributed by atoms with Crippen LogP contribution in [-0.4, -0.2) is 5.97 Å².